The van der Waals surface area contributed by atoms with Crippen LogP contribution in [0.15, 0.2) is 36.5 Å². The van der Waals surface area contributed by atoms with Crippen molar-refractivity contribution in [3.8, 4) is 5.82 Å². The van der Waals surface area contributed by atoms with Crippen molar-refractivity contribution < 1.29 is 9.18 Å². The lowest BCUT2D eigenvalue weighted by Crippen LogP contribution is -2.12. The standard InChI is InChI=1S/C13H8FIN4O/c14-7-1-2-10-9(5-7)12(13(16)20)18-19(10)11-6-8(15)3-4-17-11/h1-6H,(H2,16,20). The number of carbonyl (C=O) groups excluding carboxylic acids is 1. The predicted molar refractivity (Wildman–Crippen MR) is 80.1 cm³/mol. The smallest absolute Gasteiger partial charge is 0.269 e. The molecule has 20 heavy (non-hydrogen) atoms. The number of rotatable bonds is 2. The van der Waals surface area contributed by atoms with Crippen LogP contribution in [0.5, 0.6) is 0 Å². The van der Waals surface area contributed by atoms with E-state index in [0.717, 1.165) is 3.57 Å². The van der Waals surface area contributed by atoms with Crippen LogP contribution in [0.2, 0.25) is 0 Å². The number of halogens is 2. The zero-order chi connectivity index (χ0) is 14.3. The molecule has 0 fully saturated rings. The first kappa shape index (κ1) is 13.0. The fourth-order valence-corrected chi connectivity index (χ4v) is 2.40. The molecule has 2 N–H and O–H groups in total. The molecule has 3 rings (SSSR count). The summed E-state index contributed by atoms with van der Waals surface area (Å²) < 4.78 is 15.8. The minimum atomic E-state index is -0.704. The van der Waals surface area contributed by atoms with Crippen molar-refractivity contribution in [1.82, 2.24) is 14.8 Å². The molecule has 1 aromatic carbocycles. The number of hydrogen-bond acceptors (Lipinski definition) is 3. The van der Waals surface area contributed by atoms with Crippen molar-refractivity contribution in [1.29, 1.82) is 0 Å². The Hall–Kier alpha value is -2.03. The second-order valence-electron chi connectivity index (χ2n) is 4.12. The average Bonchev–Trinajstić information content (AvgIpc) is 2.77. The minimum absolute atomic E-state index is 0.0279. The van der Waals surface area contributed by atoms with E-state index in [-0.39, 0.29) is 5.69 Å². The normalized spacial score (nSPS) is 10.9. The van der Waals surface area contributed by atoms with Crippen molar-refractivity contribution in [2.24, 2.45) is 5.73 Å². The van der Waals surface area contributed by atoms with Gasteiger partial charge in [0.15, 0.2) is 11.5 Å². The quantitative estimate of drug-likeness (QED) is 0.692. The fourth-order valence-electron chi connectivity index (χ4n) is 1.96. The summed E-state index contributed by atoms with van der Waals surface area (Å²) in [5, 5.41) is 4.52. The van der Waals surface area contributed by atoms with Gasteiger partial charge in [0.25, 0.3) is 5.91 Å². The van der Waals surface area contributed by atoms with Crippen LogP contribution in [-0.2, 0) is 0 Å². The first-order valence-electron chi connectivity index (χ1n) is 5.66. The molecule has 0 aliphatic carbocycles. The summed E-state index contributed by atoms with van der Waals surface area (Å²) in [4.78, 5) is 15.6. The third kappa shape index (κ3) is 2.13. The van der Waals surface area contributed by atoms with Crippen molar-refractivity contribution in [3.05, 3.63) is 51.6 Å². The summed E-state index contributed by atoms with van der Waals surface area (Å²) in [7, 11) is 0. The van der Waals surface area contributed by atoms with Gasteiger partial charge >= 0.3 is 0 Å². The van der Waals surface area contributed by atoms with Gasteiger partial charge in [-0.3, -0.25) is 4.79 Å². The van der Waals surface area contributed by atoms with E-state index >= 15 is 0 Å². The highest BCUT2D eigenvalue weighted by Gasteiger charge is 2.17. The molecule has 2 heterocycles. The molecule has 0 bridgehead atoms. The van der Waals surface area contributed by atoms with E-state index in [0.29, 0.717) is 16.7 Å². The molecular weight excluding hydrogens is 374 g/mol. The van der Waals surface area contributed by atoms with Crippen LogP contribution in [-0.4, -0.2) is 20.7 Å². The molecule has 0 saturated carbocycles. The van der Waals surface area contributed by atoms with Gasteiger partial charge in [-0.1, -0.05) is 0 Å². The van der Waals surface area contributed by atoms with Crippen molar-refractivity contribution in [2.45, 2.75) is 0 Å². The number of hydrogen-bond donors (Lipinski definition) is 1. The molecule has 3 aromatic rings. The highest BCUT2D eigenvalue weighted by atomic mass is 127. The van der Waals surface area contributed by atoms with Crippen LogP contribution in [0.1, 0.15) is 10.5 Å². The Bertz CT molecular complexity index is 830. The van der Waals surface area contributed by atoms with E-state index in [9.17, 15) is 9.18 Å². The zero-order valence-corrected chi connectivity index (χ0v) is 12.2. The molecule has 0 spiro atoms. The number of pyridine rings is 1. The molecule has 5 nitrogen and oxygen atoms in total. The van der Waals surface area contributed by atoms with Gasteiger partial charge in [0.1, 0.15) is 5.82 Å². The molecular formula is C13H8FIN4O. The highest BCUT2D eigenvalue weighted by Crippen LogP contribution is 2.22. The van der Waals surface area contributed by atoms with E-state index < -0.39 is 11.7 Å². The third-order valence-corrected chi connectivity index (χ3v) is 3.47. The molecule has 100 valence electrons. The summed E-state index contributed by atoms with van der Waals surface area (Å²) in [6, 6.07) is 7.74. The Kier molecular flexibility index (Phi) is 3.13. The fraction of sp³-hybridized carbons (Fsp3) is 0. The second kappa shape index (κ2) is 4.82. The molecule has 0 unspecified atom stereocenters. The molecule has 0 atom stereocenters. The summed E-state index contributed by atoms with van der Waals surface area (Å²) in [5.74, 6) is -0.610. The summed E-state index contributed by atoms with van der Waals surface area (Å²) in [6.07, 6.45) is 1.64. The van der Waals surface area contributed by atoms with Crippen LogP contribution < -0.4 is 5.73 Å². The Morgan fingerprint density at radius 1 is 1.30 bits per heavy atom. The van der Waals surface area contributed by atoms with E-state index in [1.807, 2.05) is 6.07 Å². The second-order valence-corrected chi connectivity index (χ2v) is 5.36. The largest absolute Gasteiger partial charge is 0.364 e. The van der Waals surface area contributed by atoms with Gasteiger partial charge in [-0.05, 0) is 52.9 Å². The van der Waals surface area contributed by atoms with Gasteiger partial charge in [0, 0.05) is 15.2 Å². The Balaban J connectivity index is 2.34. The number of amides is 1. The number of aromatic nitrogens is 3. The maximum atomic E-state index is 13.3. The number of benzene rings is 1. The van der Waals surface area contributed by atoms with Crippen molar-refractivity contribution in [2.75, 3.05) is 0 Å². The Morgan fingerprint density at radius 2 is 2.10 bits per heavy atom. The molecule has 2 aromatic heterocycles. The summed E-state index contributed by atoms with van der Waals surface area (Å²) >= 11 is 2.15. The van der Waals surface area contributed by atoms with Gasteiger partial charge in [-0.2, -0.15) is 5.10 Å². The van der Waals surface area contributed by atoms with E-state index in [2.05, 4.69) is 32.7 Å². The van der Waals surface area contributed by atoms with Gasteiger partial charge in [0.2, 0.25) is 0 Å². The van der Waals surface area contributed by atoms with Crippen LogP contribution in [0.25, 0.3) is 16.7 Å². The lowest BCUT2D eigenvalue weighted by Gasteiger charge is -2.02. The van der Waals surface area contributed by atoms with Crippen LogP contribution in [0, 0.1) is 9.39 Å². The topological polar surface area (TPSA) is 73.8 Å². The van der Waals surface area contributed by atoms with E-state index in [4.69, 9.17) is 5.73 Å². The first-order valence-corrected chi connectivity index (χ1v) is 6.74. The number of carbonyl (C=O) groups is 1. The van der Waals surface area contributed by atoms with E-state index in [1.165, 1.54) is 16.8 Å². The van der Waals surface area contributed by atoms with Crippen LogP contribution in [0.4, 0.5) is 4.39 Å². The zero-order valence-electron chi connectivity index (χ0n) is 10.0. The number of nitrogens with two attached hydrogens (primary N) is 1. The van der Waals surface area contributed by atoms with Gasteiger partial charge in [-0.15, -0.1) is 0 Å². The molecule has 0 aliphatic heterocycles. The lowest BCUT2D eigenvalue weighted by molar-refractivity contribution is 0.0996. The van der Waals surface area contributed by atoms with Crippen molar-refractivity contribution in [3.63, 3.8) is 0 Å². The molecule has 0 saturated heterocycles. The van der Waals surface area contributed by atoms with Crippen molar-refractivity contribution >= 4 is 39.4 Å². The Morgan fingerprint density at radius 3 is 2.80 bits per heavy atom. The SMILES string of the molecule is NC(=O)c1nn(-c2cc(I)ccn2)c2ccc(F)cc12. The van der Waals surface area contributed by atoms with Crippen LogP contribution >= 0.6 is 22.6 Å². The first-order chi connectivity index (χ1) is 9.56. The Labute approximate surface area is 126 Å². The van der Waals surface area contributed by atoms with E-state index in [1.54, 1.807) is 18.3 Å². The molecule has 1 amide bonds. The summed E-state index contributed by atoms with van der Waals surface area (Å²) in [5.41, 5.74) is 5.90. The minimum Gasteiger partial charge on any atom is -0.364 e. The maximum absolute atomic E-state index is 13.3. The monoisotopic (exact) mass is 382 g/mol. The number of fused-ring (bicyclic) bond motifs is 1. The van der Waals surface area contributed by atoms with Gasteiger partial charge in [0.05, 0.1) is 5.52 Å². The third-order valence-electron chi connectivity index (χ3n) is 2.80. The predicted octanol–water partition coefficient (Wildman–Crippen LogP) is 2.26. The number of nitrogens with zero attached hydrogens (tertiary/aromatic N) is 3. The number of primary amides is 1. The molecule has 0 radical (unpaired) electrons. The highest BCUT2D eigenvalue weighted by molar-refractivity contribution is 14.1. The average molecular weight is 382 g/mol. The summed E-state index contributed by atoms with van der Waals surface area (Å²) in [6.45, 7) is 0. The lowest BCUT2D eigenvalue weighted by atomic mass is 10.2. The van der Waals surface area contributed by atoms with Gasteiger partial charge < -0.3 is 5.73 Å². The molecule has 7 heteroatoms. The van der Waals surface area contributed by atoms with Crippen LogP contribution in [0.3, 0.4) is 0 Å². The van der Waals surface area contributed by atoms with Gasteiger partial charge in [-0.25, -0.2) is 14.1 Å². The maximum Gasteiger partial charge on any atom is 0.269 e. The molecule has 0 aliphatic rings.